The third kappa shape index (κ3) is 3.54. The molecule has 0 aliphatic heterocycles. The summed E-state index contributed by atoms with van der Waals surface area (Å²) < 4.78 is 12.4. The van der Waals surface area contributed by atoms with Gasteiger partial charge in [0.05, 0.1) is 12.6 Å². The Morgan fingerprint density at radius 2 is 2.07 bits per heavy atom. The molecule has 0 spiro atoms. The summed E-state index contributed by atoms with van der Waals surface area (Å²) in [4.78, 5) is 24.8. The number of carbonyl (C=O) groups excluding carboxylic acids is 2. The number of rotatable bonds is 6. The monoisotopic (exact) mass is 380 g/mol. The van der Waals surface area contributed by atoms with Crippen LogP contribution in [0, 0.1) is 0 Å². The molecule has 1 N–H and O–H groups in total. The van der Waals surface area contributed by atoms with Crippen LogP contribution in [0.1, 0.15) is 42.6 Å². The van der Waals surface area contributed by atoms with Gasteiger partial charge in [-0.2, -0.15) is 0 Å². The molecule has 4 rings (SSSR count). The molecule has 0 radical (unpaired) electrons. The van der Waals surface area contributed by atoms with Gasteiger partial charge in [-0.1, -0.05) is 23.8 Å². The molecule has 0 atom stereocenters. The van der Waals surface area contributed by atoms with Crippen molar-refractivity contribution in [1.29, 1.82) is 0 Å². The summed E-state index contributed by atoms with van der Waals surface area (Å²) in [6.07, 6.45) is 7.93. The van der Waals surface area contributed by atoms with Gasteiger partial charge in [-0.25, -0.2) is 4.79 Å². The van der Waals surface area contributed by atoms with Gasteiger partial charge in [0.1, 0.15) is 17.8 Å². The normalized spacial score (nSPS) is 14.2. The molecule has 6 nitrogen and oxygen atoms in total. The number of esters is 1. The zero-order valence-corrected chi connectivity index (χ0v) is 16.0. The van der Waals surface area contributed by atoms with Gasteiger partial charge in [0, 0.05) is 18.0 Å². The summed E-state index contributed by atoms with van der Waals surface area (Å²) in [5.41, 5.74) is 3.77. The number of fused-ring (bicyclic) bond motifs is 3. The lowest BCUT2D eigenvalue weighted by Crippen LogP contribution is -2.29. The highest BCUT2D eigenvalue weighted by atomic mass is 16.5. The van der Waals surface area contributed by atoms with Gasteiger partial charge in [0.25, 0.3) is 0 Å². The van der Waals surface area contributed by atoms with Crippen LogP contribution < -0.4 is 5.32 Å². The van der Waals surface area contributed by atoms with Crippen molar-refractivity contribution in [2.45, 2.75) is 38.6 Å². The zero-order valence-electron chi connectivity index (χ0n) is 16.0. The number of amides is 1. The van der Waals surface area contributed by atoms with E-state index in [0.717, 1.165) is 35.7 Å². The van der Waals surface area contributed by atoms with Gasteiger partial charge < -0.3 is 19.0 Å². The van der Waals surface area contributed by atoms with Crippen LogP contribution in [0.5, 0.6) is 0 Å². The number of benzene rings is 1. The predicted molar refractivity (Wildman–Crippen MR) is 107 cm³/mol. The molecule has 28 heavy (non-hydrogen) atoms. The maximum Gasteiger partial charge on any atom is 0.354 e. The number of nitrogens with zero attached hydrogens (tertiary/aromatic N) is 1. The van der Waals surface area contributed by atoms with Gasteiger partial charge in [-0.15, -0.1) is 0 Å². The Morgan fingerprint density at radius 3 is 2.86 bits per heavy atom. The van der Waals surface area contributed by atoms with E-state index in [4.69, 9.17) is 9.15 Å². The lowest BCUT2D eigenvalue weighted by Gasteiger charge is -2.13. The van der Waals surface area contributed by atoms with Crippen molar-refractivity contribution >= 4 is 33.9 Å². The van der Waals surface area contributed by atoms with E-state index in [1.54, 1.807) is 10.6 Å². The first-order valence-electron chi connectivity index (χ1n) is 9.71. The number of para-hydroxylation sites is 1. The van der Waals surface area contributed by atoms with Crippen LogP contribution in [-0.2, 0) is 16.1 Å². The third-order valence-corrected chi connectivity index (χ3v) is 5.27. The quantitative estimate of drug-likeness (QED) is 0.514. The molecule has 3 aromatic rings. The first kappa shape index (κ1) is 18.3. The lowest BCUT2D eigenvalue weighted by atomic mass is 9.97. The van der Waals surface area contributed by atoms with E-state index in [9.17, 15) is 9.59 Å². The van der Waals surface area contributed by atoms with Crippen molar-refractivity contribution < 1.29 is 18.7 Å². The van der Waals surface area contributed by atoms with Crippen molar-refractivity contribution in [3.63, 3.8) is 0 Å². The Balaban J connectivity index is 1.56. The average molecular weight is 380 g/mol. The number of aromatic nitrogens is 1. The summed E-state index contributed by atoms with van der Waals surface area (Å²) >= 11 is 0. The Kier molecular flexibility index (Phi) is 5.19. The highest BCUT2D eigenvalue weighted by Gasteiger charge is 2.22. The second-order valence-corrected chi connectivity index (χ2v) is 7.13. The van der Waals surface area contributed by atoms with E-state index in [2.05, 4.69) is 11.4 Å². The number of furan rings is 1. The van der Waals surface area contributed by atoms with E-state index in [1.807, 2.05) is 24.3 Å². The minimum absolute atomic E-state index is 0.0382. The molecular formula is C22H24N2O4. The molecule has 1 aliphatic carbocycles. The highest BCUT2D eigenvalue weighted by molar-refractivity contribution is 6.07. The predicted octanol–water partition coefficient (Wildman–Crippen LogP) is 4.18. The molecule has 0 bridgehead atoms. The van der Waals surface area contributed by atoms with Gasteiger partial charge >= 0.3 is 5.97 Å². The second-order valence-electron chi connectivity index (χ2n) is 7.13. The Morgan fingerprint density at radius 1 is 1.21 bits per heavy atom. The molecule has 0 saturated heterocycles. The highest BCUT2D eigenvalue weighted by Crippen LogP contribution is 2.31. The summed E-state index contributed by atoms with van der Waals surface area (Å²) in [7, 11) is 1.33. The lowest BCUT2D eigenvalue weighted by molar-refractivity contribution is -0.121. The number of carbonyl (C=O) groups is 2. The standard InChI is InChI=1S/C22H24N2O4/c1-27-22(26)17-13-19-21(16-9-5-6-10-18(16)28-19)24(17)14-20(25)23-12-11-15-7-3-2-4-8-15/h5-7,9-10,13H,2-4,8,11-12,14H2,1H3,(H,23,25). The van der Waals surface area contributed by atoms with Crippen molar-refractivity contribution in [3.05, 3.63) is 47.7 Å². The van der Waals surface area contributed by atoms with Gasteiger partial charge in [0.15, 0.2) is 5.58 Å². The molecule has 0 saturated carbocycles. The maximum absolute atomic E-state index is 12.6. The summed E-state index contributed by atoms with van der Waals surface area (Å²) in [5.74, 6) is -0.625. The largest absolute Gasteiger partial charge is 0.464 e. The zero-order chi connectivity index (χ0) is 19.5. The van der Waals surface area contributed by atoms with Crippen molar-refractivity contribution in [3.8, 4) is 0 Å². The Hall–Kier alpha value is -3.02. The Labute approximate surface area is 163 Å². The van der Waals surface area contributed by atoms with Crippen molar-refractivity contribution in [2.24, 2.45) is 0 Å². The van der Waals surface area contributed by atoms with Crippen LogP contribution >= 0.6 is 0 Å². The molecule has 0 fully saturated rings. The van der Waals surface area contributed by atoms with Crippen molar-refractivity contribution in [1.82, 2.24) is 9.88 Å². The van der Waals surface area contributed by atoms with E-state index < -0.39 is 5.97 Å². The fourth-order valence-corrected chi connectivity index (χ4v) is 3.88. The summed E-state index contributed by atoms with van der Waals surface area (Å²) in [6, 6.07) is 9.23. The molecule has 1 amide bonds. The SMILES string of the molecule is COC(=O)c1cc2oc3ccccc3c2n1CC(=O)NCCC1=CCCCC1. The number of ether oxygens (including phenoxy) is 1. The molecule has 2 heterocycles. The van der Waals surface area contributed by atoms with E-state index in [1.165, 1.54) is 25.5 Å². The van der Waals surface area contributed by atoms with Crippen LogP contribution in [0.25, 0.3) is 22.1 Å². The first-order chi connectivity index (χ1) is 13.7. The van der Waals surface area contributed by atoms with Gasteiger partial charge in [-0.3, -0.25) is 4.79 Å². The molecular weight excluding hydrogens is 356 g/mol. The third-order valence-electron chi connectivity index (χ3n) is 5.27. The number of allylic oxidation sites excluding steroid dienone is 1. The molecule has 6 heteroatoms. The van der Waals surface area contributed by atoms with Gasteiger partial charge in [-0.05, 0) is 44.2 Å². The molecule has 146 valence electrons. The number of hydrogen-bond donors (Lipinski definition) is 1. The second kappa shape index (κ2) is 7.92. The van der Waals surface area contributed by atoms with Crippen LogP contribution in [0.2, 0.25) is 0 Å². The van der Waals surface area contributed by atoms with Gasteiger partial charge in [0.2, 0.25) is 5.91 Å². The summed E-state index contributed by atoms with van der Waals surface area (Å²) in [6.45, 7) is 0.644. The topological polar surface area (TPSA) is 73.5 Å². The van der Waals surface area contributed by atoms with Crippen LogP contribution in [-0.4, -0.2) is 30.1 Å². The number of hydrogen-bond acceptors (Lipinski definition) is 4. The van der Waals surface area contributed by atoms with Crippen LogP contribution in [0.4, 0.5) is 0 Å². The molecule has 1 aromatic carbocycles. The maximum atomic E-state index is 12.6. The number of nitrogens with one attached hydrogen (secondary N) is 1. The Bertz CT molecular complexity index is 1060. The fourth-order valence-electron chi connectivity index (χ4n) is 3.88. The molecule has 2 aromatic heterocycles. The summed E-state index contributed by atoms with van der Waals surface area (Å²) in [5, 5.41) is 3.84. The number of methoxy groups -OCH3 is 1. The minimum atomic E-state index is -0.490. The first-order valence-corrected chi connectivity index (χ1v) is 9.71. The fraction of sp³-hybridized carbons (Fsp3) is 0.364. The van der Waals surface area contributed by atoms with Crippen LogP contribution in [0.3, 0.4) is 0 Å². The smallest absolute Gasteiger partial charge is 0.354 e. The molecule has 1 aliphatic rings. The van der Waals surface area contributed by atoms with E-state index >= 15 is 0 Å². The van der Waals surface area contributed by atoms with E-state index in [0.29, 0.717) is 17.8 Å². The average Bonchev–Trinajstić information content (AvgIpc) is 3.25. The van der Waals surface area contributed by atoms with E-state index in [-0.39, 0.29) is 12.5 Å². The van der Waals surface area contributed by atoms with Crippen molar-refractivity contribution in [2.75, 3.05) is 13.7 Å². The minimum Gasteiger partial charge on any atom is -0.464 e. The van der Waals surface area contributed by atoms with Crippen LogP contribution in [0.15, 0.2) is 46.4 Å². The molecule has 0 unspecified atom stereocenters.